The van der Waals surface area contributed by atoms with Gasteiger partial charge in [0.05, 0.1) is 12.8 Å². The van der Waals surface area contributed by atoms with Crippen molar-refractivity contribution in [3.05, 3.63) is 36.0 Å². The number of hydrogen-bond donors (Lipinski definition) is 1. The second-order valence-electron chi connectivity index (χ2n) is 3.47. The number of nitrogens with one attached hydrogen (secondary N) is 1. The number of rotatable bonds is 3. The van der Waals surface area contributed by atoms with Gasteiger partial charge in [-0.05, 0) is 12.1 Å². The van der Waals surface area contributed by atoms with Crippen LogP contribution in [0.2, 0.25) is 0 Å². The molecule has 1 aliphatic rings. The highest BCUT2D eigenvalue weighted by Gasteiger charge is 2.13. The maximum atomic E-state index is 5.24. The fraction of sp³-hybridized carbons (Fsp3) is 0.182. The summed E-state index contributed by atoms with van der Waals surface area (Å²) in [6, 6.07) is 3.79. The molecule has 5 heteroatoms. The molecule has 3 heterocycles. The third-order valence-corrected chi connectivity index (χ3v) is 2.44. The van der Waals surface area contributed by atoms with Crippen molar-refractivity contribution < 1.29 is 4.42 Å². The normalized spacial score (nSPS) is 12.8. The number of fused-ring (bicyclic) bond motifs is 1. The van der Waals surface area contributed by atoms with Crippen molar-refractivity contribution in [1.82, 2.24) is 9.97 Å². The minimum absolute atomic E-state index is 0.621. The third kappa shape index (κ3) is 1.56. The van der Waals surface area contributed by atoms with Crippen LogP contribution in [0.1, 0.15) is 11.3 Å². The zero-order chi connectivity index (χ0) is 10.8. The number of furan rings is 1. The predicted octanol–water partition coefficient (Wildman–Crippen LogP) is 1.94. The minimum Gasteiger partial charge on any atom is -0.467 e. The van der Waals surface area contributed by atoms with Crippen molar-refractivity contribution in [3.8, 4) is 0 Å². The summed E-state index contributed by atoms with van der Waals surface area (Å²) in [6.07, 6.45) is 5.81. The summed E-state index contributed by atoms with van der Waals surface area (Å²) in [5.41, 5.74) is 1.05. The molecular formula is C11H10N4O. The van der Waals surface area contributed by atoms with Crippen molar-refractivity contribution in [2.45, 2.75) is 13.0 Å². The van der Waals surface area contributed by atoms with Crippen LogP contribution in [0, 0.1) is 0 Å². The minimum atomic E-state index is 0.621. The van der Waals surface area contributed by atoms with Crippen LogP contribution in [0.4, 0.5) is 11.6 Å². The van der Waals surface area contributed by atoms with Crippen LogP contribution in [0.15, 0.2) is 34.1 Å². The molecule has 16 heavy (non-hydrogen) atoms. The van der Waals surface area contributed by atoms with Gasteiger partial charge in [0.25, 0.3) is 0 Å². The molecule has 1 aliphatic heterocycles. The second-order valence-corrected chi connectivity index (χ2v) is 3.47. The van der Waals surface area contributed by atoms with Gasteiger partial charge >= 0.3 is 0 Å². The van der Waals surface area contributed by atoms with E-state index in [1.807, 2.05) is 18.3 Å². The van der Waals surface area contributed by atoms with Crippen molar-refractivity contribution in [3.63, 3.8) is 0 Å². The summed E-state index contributed by atoms with van der Waals surface area (Å²) in [6.45, 7) is 0.621. The Balaban J connectivity index is 1.79. The Morgan fingerprint density at radius 3 is 3.25 bits per heavy atom. The van der Waals surface area contributed by atoms with Gasteiger partial charge in [-0.15, -0.1) is 0 Å². The SMILES string of the molecule is C1=Nc2ncnc(NCc3ccco3)c2C1. The van der Waals surface area contributed by atoms with E-state index in [0.29, 0.717) is 6.54 Å². The van der Waals surface area contributed by atoms with E-state index >= 15 is 0 Å². The monoisotopic (exact) mass is 214 g/mol. The lowest BCUT2D eigenvalue weighted by Crippen LogP contribution is -2.03. The predicted molar refractivity (Wildman–Crippen MR) is 59.9 cm³/mol. The number of hydrogen-bond acceptors (Lipinski definition) is 5. The zero-order valence-corrected chi connectivity index (χ0v) is 8.55. The molecule has 2 aromatic rings. The largest absolute Gasteiger partial charge is 0.467 e. The Hall–Kier alpha value is -2.17. The van der Waals surface area contributed by atoms with E-state index in [9.17, 15) is 0 Å². The maximum Gasteiger partial charge on any atom is 0.160 e. The van der Waals surface area contributed by atoms with Gasteiger partial charge in [0.15, 0.2) is 5.82 Å². The molecular weight excluding hydrogens is 204 g/mol. The Morgan fingerprint density at radius 2 is 2.38 bits per heavy atom. The first-order valence-electron chi connectivity index (χ1n) is 5.06. The van der Waals surface area contributed by atoms with Crippen LogP contribution < -0.4 is 5.32 Å². The highest BCUT2D eigenvalue weighted by molar-refractivity contribution is 5.77. The summed E-state index contributed by atoms with van der Waals surface area (Å²) >= 11 is 0. The molecule has 0 amide bonds. The van der Waals surface area contributed by atoms with Gasteiger partial charge in [0.1, 0.15) is 17.9 Å². The smallest absolute Gasteiger partial charge is 0.160 e. The second kappa shape index (κ2) is 3.77. The Labute approximate surface area is 92.3 Å². The average Bonchev–Trinajstić information content (AvgIpc) is 2.97. The van der Waals surface area contributed by atoms with Crippen molar-refractivity contribution in [2.75, 3.05) is 5.32 Å². The molecule has 1 N–H and O–H groups in total. The average molecular weight is 214 g/mol. The van der Waals surface area contributed by atoms with E-state index in [0.717, 1.165) is 29.4 Å². The van der Waals surface area contributed by atoms with Crippen LogP contribution in [0.25, 0.3) is 0 Å². The van der Waals surface area contributed by atoms with Crippen LogP contribution in [0.5, 0.6) is 0 Å². The van der Waals surface area contributed by atoms with Gasteiger partial charge in [-0.25, -0.2) is 15.0 Å². The fourth-order valence-corrected chi connectivity index (χ4v) is 1.66. The molecule has 0 fully saturated rings. The topological polar surface area (TPSA) is 63.3 Å². The first kappa shape index (κ1) is 9.08. The van der Waals surface area contributed by atoms with Gasteiger partial charge < -0.3 is 9.73 Å². The lowest BCUT2D eigenvalue weighted by Gasteiger charge is -2.06. The summed E-state index contributed by atoms with van der Waals surface area (Å²) < 4.78 is 5.24. The molecule has 0 aliphatic carbocycles. The summed E-state index contributed by atoms with van der Waals surface area (Å²) in [5, 5.41) is 3.22. The molecule has 80 valence electrons. The number of aromatic nitrogens is 2. The lowest BCUT2D eigenvalue weighted by molar-refractivity contribution is 0.517. The van der Waals surface area contributed by atoms with Gasteiger partial charge in [-0.1, -0.05) is 0 Å². The van der Waals surface area contributed by atoms with Crippen LogP contribution in [-0.2, 0) is 13.0 Å². The molecule has 0 spiro atoms. The van der Waals surface area contributed by atoms with E-state index in [2.05, 4.69) is 20.3 Å². The number of nitrogens with zero attached hydrogens (tertiary/aromatic N) is 3. The van der Waals surface area contributed by atoms with Crippen molar-refractivity contribution >= 4 is 17.9 Å². The molecule has 5 nitrogen and oxygen atoms in total. The Bertz CT molecular complexity index is 519. The molecule has 2 aromatic heterocycles. The molecule has 0 atom stereocenters. The molecule has 0 unspecified atom stereocenters. The lowest BCUT2D eigenvalue weighted by atomic mass is 10.2. The first-order chi connectivity index (χ1) is 7.93. The molecule has 0 saturated heterocycles. The quantitative estimate of drug-likeness (QED) is 0.848. The van der Waals surface area contributed by atoms with Gasteiger partial charge in [-0.2, -0.15) is 0 Å². The van der Waals surface area contributed by atoms with Crippen LogP contribution in [0.3, 0.4) is 0 Å². The molecule has 0 bridgehead atoms. The van der Waals surface area contributed by atoms with Gasteiger partial charge in [0.2, 0.25) is 0 Å². The molecule has 0 radical (unpaired) electrons. The van der Waals surface area contributed by atoms with Crippen molar-refractivity contribution in [1.29, 1.82) is 0 Å². The standard InChI is InChI=1S/C11H10N4O/c1-2-8(16-5-1)6-13-11-9-3-4-12-10(9)14-7-15-11/h1-2,4-5,7H,3,6H2,(H,13,14,15). The third-order valence-electron chi connectivity index (χ3n) is 2.44. The van der Waals surface area contributed by atoms with E-state index in [-0.39, 0.29) is 0 Å². The van der Waals surface area contributed by atoms with Crippen molar-refractivity contribution in [2.24, 2.45) is 4.99 Å². The summed E-state index contributed by atoms with van der Waals surface area (Å²) in [4.78, 5) is 12.5. The van der Waals surface area contributed by atoms with E-state index in [1.54, 1.807) is 6.26 Å². The van der Waals surface area contributed by atoms with E-state index in [1.165, 1.54) is 6.33 Å². The highest BCUT2D eigenvalue weighted by Crippen LogP contribution is 2.26. The number of aliphatic imine (C=N–C) groups is 1. The van der Waals surface area contributed by atoms with Crippen LogP contribution >= 0.6 is 0 Å². The fourth-order valence-electron chi connectivity index (χ4n) is 1.66. The van der Waals surface area contributed by atoms with Gasteiger partial charge in [-0.3, -0.25) is 0 Å². The first-order valence-corrected chi connectivity index (χ1v) is 5.06. The Kier molecular flexibility index (Phi) is 2.14. The van der Waals surface area contributed by atoms with Crippen LogP contribution in [-0.4, -0.2) is 16.2 Å². The maximum absolute atomic E-state index is 5.24. The Morgan fingerprint density at radius 1 is 1.38 bits per heavy atom. The van der Waals surface area contributed by atoms with E-state index in [4.69, 9.17) is 4.42 Å². The summed E-state index contributed by atoms with van der Waals surface area (Å²) in [7, 11) is 0. The summed E-state index contributed by atoms with van der Waals surface area (Å²) in [5.74, 6) is 2.47. The number of anilines is 1. The van der Waals surface area contributed by atoms with E-state index < -0.39 is 0 Å². The molecule has 0 saturated carbocycles. The van der Waals surface area contributed by atoms with Gasteiger partial charge in [0, 0.05) is 18.2 Å². The molecule has 0 aromatic carbocycles. The zero-order valence-electron chi connectivity index (χ0n) is 8.55. The highest BCUT2D eigenvalue weighted by atomic mass is 16.3. The molecule has 3 rings (SSSR count).